The Morgan fingerprint density at radius 3 is 2.95 bits per heavy atom. The first kappa shape index (κ1) is 14.3. The predicted octanol–water partition coefficient (Wildman–Crippen LogP) is 2.39. The molecule has 106 valence electrons. The summed E-state index contributed by atoms with van der Waals surface area (Å²) in [5, 5.41) is 3.48. The van der Waals surface area contributed by atoms with Gasteiger partial charge in [-0.2, -0.15) is 0 Å². The van der Waals surface area contributed by atoms with Crippen LogP contribution < -0.4 is 10.1 Å². The third-order valence-corrected chi connectivity index (χ3v) is 2.93. The van der Waals surface area contributed by atoms with Crippen LogP contribution in [0.15, 0.2) is 18.3 Å². The van der Waals surface area contributed by atoms with Gasteiger partial charge in [0.15, 0.2) is 0 Å². The van der Waals surface area contributed by atoms with Gasteiger partial charge in [0.2, 0.25) is 5.88 Å². The van der Waals surface area contributed by atoms with Gasteiger partial charge < -0.3 is 14.8 Å². The molecule has 4 nitrogen and oxygen atoms in total. The molecule has 1 aromatic heterocycles. The average Bonchev–Trinajstić information content (AvgIpc) is 3.21. The van der Waals surface area contributed by atoms with E-state index in [9.17, 15) is 0 Å². The van der Waals surface area contributed by atoms with E-state index in [1.165, 1.54) is 12.8 Å². The van der Waals surface area contributed by atoms with E-state index in [4.69, 9.17) is 9.47 Å². The molecule has 0 aromatic carbocycles. The van der Waals surface area contributed by atoms with E-state index in [1.807, 2.05) is 6.07 Å². The van der Waals surface area contributed by atoms with E-state index in [-0.39, 0.29) is 0 Å². The molecule has 0 unspecified atom stereocenters. The number of nitrogens with one attached hydrogen (secondary N) is 1. The molecular formula is C15H24N2O2. The summed E-state index contributed by atoms with van der Waals surface area (Å²) < 4.78 is 11.2. The summed E-state index contributed by atoms with van der Waals surface area (Å²) in [6.07, 6.45) is 4.35. The van der Waals surface area contributed by atoms with Gasteiger partial charge in [-0.05, 0) is 24.8 Å². The molecule has 1 fully saturated rings. The number of nitrogens with zero attached hydrogens (tertiary/aromatic N) is 1. The van der Waals surface area contributed by atoms with Crippen LogP contribution in [0.4, 0.5) is 0 Å². The molecule has 1 N–H and O–H groups in total. The lowest BCUT2D eigenvalue weighted by molar-refractivity contribution is 0.0803. The summed E-state index contributed by atoms with van der Waals surface area (Å²) in [6.45, 7) is 7.06. The molecule has 1 aliphatic carbocycles. The van der Waals surface area contributed by atoms with E-state index in [2.05, 4.69) is 30.2 Å². The van der Waals surface area contributed by atoms with Gasteiger partial charge in [0.25, 0.3) is 0 Å². The van der Waals surface area contributed by atoms with Crippen molar-refractivity contribution in [2.75, 3.05) is 19.8 Å². The monoisotopic (exact) mass is 264 g/mol. The molecule has 0 aliphatic heterocycles. The molecule has 0 amide bonds. The lowest BCUT2D eigenvalue weighted by Gasteiger charge is -2.11. The van der Waals surface area contributed by atoms with Gasteiger partial charge in [-0.1, -0.05) is 19.9 Å². The van der Waals surface area contributed by atoms with Crippen LogP contribution >= 0.6 is 0 Å². The molecule has 0 radical (unpaired) electrons. The second kappa shape index (κ2) is 7.46. The molecule has 1 heterocycles. The predicted molar refractivity (Wildman–Crippen MR) is 75.3 cm³/mol. The van der Waals surface area contributed by atoms with Crippen LogP contribution in [0.2, 0.25) is 0 Å². The number of hydrogen-bond donors (Lipinski definition) is 1. The number of ether oxygens (including phenoxy) is 2. The number of pyridine rings is 1. The first-order valence-corrected chi connectivity index (χ1v) is 7.13. The van der Waals surface area contributed by atoms with Crippen molar-refractivity contribution in [3.8, 4) is 5.88 Å². The maximum Gasteiger partial charge on any atom is 0.217 e. The molecular weight excluding hydrogens is 240 g/mol. The smallest absolute Gasteiger partial charge is 0.217 e. The van der Waals surface area contributed by atoms with Gasteiger partial charge in [0, 0.05) is 31.0 Å². The molecule has 4 heteroatoms. The van der Waals surface area contributed by atoms with Crippen molar-refractivity contribution in [3.05, 3.63) is 23.9 Å². The third-order valence-electron chi connectivity index (χ3n) is 2.93. The van der Waals surface area contributed by atoms with E-state index in [1.54, 1.807) is 6.20 Å². The van der Waals surface area contributed by atoms with Crippen molar-refractivity contribution >= 4 is 0 Å². The van der Waals surface area contributed by atoms with Crippen molar-refractivity contribution in [1.82, 2.24) is 10.3 Å². The molecule has 1 saturated carbocycles. The number of aromatic nitrogens is 1. The summed E-state index contributed by atoms with van der Waals surface area (Å²) in [7, 11) is 0. The van der Waals surface area contributed by atoms with Crippen LogP contribution in [0, 0.1) is 5.92 Å². The highest BCUT2D eigenvalue weighted by atomic mass is 16.5. The lowest BCUT2D eigenvalue weighted by Crippen LogP contribution is -2.17. The average molecular weight is 264 g/mol. The zero-order valence-corrected chi connectivity index (χ0v) is 11.9. The Hall–Kier alpha value is -1.13. The second-order valence-corrected chi connectivity index (χ2v) is 5.44. The van der Waals surface area contributed by atoms with Crippen molar-refractivity contribution in [2.24, 2.45) is 5.92 Å². The highest BCUT2D eigenvalue weighted by molar-refractivity contribution is 5.25. The highest BCUT2D eigenvalue weighted by Crippen LogP contribution is 2.21. The molecule has 19 heavy (non-hydrogen) atoms. The molecule has 0 saturated heterocycles. The van der Waals surface area contributed by atoms with Gasteiger partial charge in [0.1, 0.15) is 6.61 Å². The van der Waals surface area contributed by atoms with E-state index < -0.39 is 0 Å². The normalized spacial score (nSPS) is 14.9. The van der Waals surface area contributed by atoms with Crippen molar-refractivity contribution in [2.45, 2.75) is 39.3 Å². The van der Waals surface area contributed by atoms with Crippen molar-refractivity contribution in [1.29, 1.82) is 0 Å². The van der Waals surface area contributed by atoms with Crippen LogP contribution in [0.1, 0.15) is 32.3 Å². The van der Waals surface area contributed by atoms with Gasteiger partial charge in [-0.15, -0.1) is 0 Å². The first-order valence-electron chi connectivity index (χ1n) is 7.13. The van der Waals surface area contributed by atoms with Gasteiger partial charge in [-0.3, -0.25) is 0 Å². The van der Waals surface area contributed by atoms with Crippen molar-refractivity contribution < 1.29 is 9.47 Å². The van der Waals surface area contributed by atoms with Gasteiger partial charge in [0.05, 0.1) is 6.61 Å². The van der Waals surface area contributed by atoms with Crippen LogP contribution in [0.5, 0.6) is 5.88 Å². The minimum atomic E-state index is 0.556. The highest BCUT2D eigenvalue weighted by Gasteiger charge is 2.20. The number of hydrogen-bond acceptors (Lipinski definition) is 4. The summed E-state index contributed by atoms with van der Waals surface area (Å²) in [4.78, 5) is 4.29. The molecule has 1 aromatic rings. The first-order chi connectivity index (χ1) is 9.25. The van der Waals surface area contributed by atoms with Gasteiger partial charge >= 0.3 is 0 Å². The fraction of sp³-hybridized carbons (Fsp3) is 0.667. The molecule has 0 atom stereocenters. The quantitative estimate of drug-likeness (QED) is 0.695. The largest absolute Gasteiger partial charge is 0.475 e. The van der Waals surface area contributed by atoms with Crippen LogP contribution in [0.25, 0.3) is 0 Å². The fourth-order valence-corrected chi connectivity index (χ4v) is 1.75. The molecule has 0 bridgehead atoms. The second-order valence-electron chi connectivity index (χ2n) is 5.44. The minimum Gasteiger partial charge on any atom is -0.475 e. The Morgan fingerprint density at radius 1 is 1.37 bits per heavy atom. The zero-order chi connectivity index (χ0) is 13.5. The van der Waals surface area contributed by atoms with E-state index in [0.717, 1.165) is 24.6 Å². The summed E-state index contributed by atoms with van der Waals surface area (Å²) >= 11 is 0. The van der Waals surface area contributed by atoms with Gasteiger partial charge in [-0.25, -0.2) is 4.98 Å². The summed E-state index contributed by atoms with van der Waals surface area (Å²) in [6, 6.07) is 4.71. The SMILES string of the molecule is CC(C)COCCOc1ncccc1CNC1CC1. The zero-order valence-electron chi connectivity index (χ0n) is 11.9. The van der Waals surface area contributed by atoms with Crippen LogP contribution in [-0.4, -0.2) is 30.8 Å². The topological polar surface area (TPSA) is 43.4 Å². The summed E-state index contributed by atoms with van der Waals surface area (Å²) in [5.41, 5.74) is 1.12. The Kier molecular flexibility index (Phi) is 5.61. The van der Waals surface area contributed by atoms with E-state index >= 15 is 0 Å². The minimum absolute atomic E-state index is 0.556. The standard InChI is InChI=1S/C15H24N2O2/c1-12(2)11-18-8-9-19-15-13(4-3-7-16-15)10-17-14-5-6-14/h3-4,7,12,14,17H,5-6,8-11H2,1-2H3. The molecule has 0 spiro atoms. The fourth-order valence-electron chi connectivity index (χ4n) is 1.75. The maximum absolute atomic E-state index is 5.70. The summed E-state index contributed by atoms with van der Waals surface area (Å²) in [5.74, 6) is 1.29. The van der Waals surface area contributed by atoms with E-state index in [0.29, 0.717) is 25.2 Å². The lowest BCUT2D eigenvalue weighted by atomic mass is 10.2. The Labute approximate surface area is 115 Å². The number of rotatable bonds is 9. The Morgan fingerprint density at radius 2 is 2.21 bits per heavy atom. The van der Waals surface area contributed by atoms with Crippen LogP contribution in [-0.2, 0) is 11.3 Å². The van der Waals surface area contributed by atoms with Crippen LogP contribution in [0.3, 0.4) is 0 Å². The Bertz CT molecular complexity index is 378. The Balaban J connectivity index is 1.71. The molecule has 1 aliphatic rings. The third kappa shape index (κ3) is 5.57. The molecule has 2 rings (SSSR count). The maximum atomic E-state index is 5.70. The van der Waals surface area contributed by atoms with Crippen molar-refractivity contribution in [3.63, 3.8) is 0 Å².